The molecule has 104 valence electrons. The minimum absolute atomic E-state index is 0.388. The van der Waals surface area contributed by atoms with Crippen molar-refractivity contribution in [1.29, 1.82) is 0 Å². The zero-order chi connectivity index (χ0) is 14.4. The van der Waals surface area contributed by atoms with Crippen molar-refractivity contribution in [3.05, 3.63) is 12.4 Å². The monoisotopic (exact) mass is 270 g/mol. The van der Waals surface area contributed by atoms with Gasteiger partial charge >= 0.3 is 18.0 Å². The van der Waals surface area contributed by atoms with E-state index in [0.29, 0.717) is 12.2 Å². The Bertz CT molecular complexity index is 484. The van der Waals surface area contributed by atoms with Crippen LogP contribution in [0, 0.1) is 0 Å². The van der Waals surface area contributed by atoms with E-state index >= 15 is 0 Å². The molecule has 0 aliphatic carbocycles. The zero-order valence-corrected chi connectivity index (χ0v) is 10.2. The molecule has 9 nitrogen and oxygen atoms in total. The highest BCUT2D eigenvalue weighted by molar-refractivity contribution is 5.93. The lowest BCUT2D eigenvalue weighted by Crippen LogP contribution is -2.44. The van der Waals surface area contributed by atoms with Gasteiger partial charge in [0.05, 0.1) is 18.3 Å². The van der Waals surface area contributed by atoms with E-state index in [1.807, 2.05) is 6.92 Å². The number of anilines is 1. The normalized spacial score (nSPS) is 11.6. The minimum atomic E-state index is -1.49. The van der Waals surface area contributed by atoms with E-state index in [4.69, 9.17) is 10.2 Å². The highest BCUT2D eigenvalue weighted by Crippen LogP contribution is 2.04. The first-order chi connectivity index (χ1) is 8.92. The third-order valence-corrected chi connectivity index (χ3v) is 2.20. The lowest BCUT2D eigenvalue weighted by Gasteiger charge is -2.12. The van der Waals surface area contributed by atoms with Crippen molar-refractivity contribution in [2.75, 3.05) is 5.32 Å². The summed E-state index contributed by atoms with van der Waals surface area (Å²) in [6.45, 7) is 2.49. The molecule has 1 aromatic rings. The molecule has 0 aromatic carbocycles. The molecule has 1 rings (SSSR count). The number of carbonyl (C=O) groups excluding carboxylic acids is 1. The Labute approximate surface area is 108 Å². The molecule has 0 fully saturated rings. The first kappa shape index (κ1) is 14.5. The summed E-state index contributed by atoms with van der Waals surface area (Å²) in [5, 5.41) is 25.6. The predicted molar refractivity (Wildman–Crippen MR) is 63.7 cm³/mol. The number of aryl methyl sites for hydroxylation is 1. The molecule has 0 saturated carbocycles. The Morgan fingerprint density at radius 2 is 2.11 bits per heavy atom. The zero-order valence-electron chi connectivity index (χ0n) is 10.2. The van der Waals surface area contributed by atoms with Crippen molar-refractivity contribution in [3.8, 4) is 0 Å². The third kappa shape index (κ3) is 4.66. The fourth-order valence-corrected chi connectivity index (χ4v) is 1.30. The number of aliphatic carboxylic acids is 2. The number of hydrogen-bond donors (Lipinski definition) is 4. The average molecular weight is 270 g/mol. The SMILES string of the molecule is CCn1cc(NC(=O)N[C@@H](CC(=O)O)C(=O)O)cn1. The van der Waals surface area contributed by atoms with Crippen LogP contribution in [0.3, 0.4) is 0 Å². The Morgan fingerprint density at radius 3 is 2.58 bits per heavy atom. The van der Waals surface area contributed by atoms with Crippen LogP contribution in [0.5, 0.6) is 0 Å². The minimum Gasteiger partial charge on any atom is -0.481 e. The fraction of sp³-hybridized carbons (Fsp3) is 0.400. The number of amides is 2. The predicted octanol–water partition coefficient (Wildman–Crippen LogP) is -0.0476. The molecule has 0 radical (unpaired) electrons. The smallest absolute Gasteiger partial charge is 0.326 e. The molecule has 0 aliphatic heterocycles. The summed E-state index contributed by atoms with van der Waals surface area (Å²) in [6, 6.07) is -2.29. The third-order valence-electron chi connectivity index (χ3n) is 2.20. The second kappa shape index (κ2) is 6.38. The number of nitrogens with one attached hydrogen (secondary N) is 2. The molecule has 0 unspecified atom stereocenters. The molecule has 0 spiro atoms. The quantitative estimate of drug-likeness (QED) is 0.572. The number of rotatable bonds is 6. The number of nitrogens with zero attached hydrogens (tertiary/aromatic N) is 2. The van der Waals surface area contributed by atoms with Gasteiger partial charge in [0.25, 0.3) is 0 Å². The van der Waals surface area contributed by atoms with Gasteiger partial charge in [-0.05, 0) is 6.92 Å². The lowest BCUT2D eigenvalue weighted by molar-refractivity contribution is -0.145. The number of carbonyl (C=O) groups is 3. The maximum Gasteiger partial charge on any atom is 0.326 e. The molecule has 0 aliphatic rings. The Kier molecular flexibility index (Phi) is 4.86. The highest BCUT2D eigenvalue weighted by Gasteiger charge is 2.23. The molecule has 1 heterocycles. The van der Waals surface area contributed by atoms with Crippen LogP contribution in [0.2, 0.25) is 0 Å². The van der Waals surface area contributed by atoms with Gasteiger partial charge < -0.3 is 20.8 Å². The van der Waals surface area contributed by atoms with Gasteiger partial charge in [-0.15, -0.1) is 0 Å². The molecule has 4 N–H and O–H groups in total. The summed E-state index contributed by atoms with van der Waals surface area (Å²) in [6.07, 6.45) is 2.26. The van der Waals surface area contributed by atoms with Crippen molar-refractivity contribution in [2.45, 2.75) is 25.9 Å². The van der Waals surface area contributed by atoms with Gasteiger partial charge in [0.15, 0.2) is 0 Å². The Balaban J connectivity index is 2.57. The summed E-state index contributed by atoms with van der Waals surface area (Å²) < 4.78 is 1.57. The van der Waals surface area contributed by atoms with Gasteiger partial charge in [0, 0.05) is 12.7 Å². The molecule has 2 amide bonds. The standard InChI is InChI=1S/C10H14N4O5/c1-2-14-5-6(4-11-14)12-10(19)13-7(9(17)18)3-8(15)16/h4-5,7H,2-3H2,1H3,(H,15,16)(H,17,18)(H2,12,13,19)/t7-/m0/s1. The van der Waals surface area contributed by atoms with Gasteiger partial charge in [0.2, 0.25) is 0 Å². The molecular weight excluding hydrogens is 256 g/mol. The van der Waals surface area contributed by atoms with Gasteiger partial charge in [-0.25, -0.2) is 9.59 Å². The van der Waals surface area contributed by atoms with Crippen molar-refractivity contribution in [1.82, 2.24) is 15.1 Å². The van der Waals surface area contributed by atoms with Gasteiger partial charge in [-0.2, -0.15) is 5.10 Å². The first-order valence-electron chi connectivity index (χ1n) is 5.47. The maximum absolute atomic E-state index is 11.5. The van der Waals surface area contributed by atoms with Crippen LogP contribution in [0.15, 0.2) is 12.4 Å². The van der Waals surface area contributed by atoms with Gasteiger partial charge in [-0.1, -0.05) is 0 Å². The number of carboxylic acids is 2. The van der Waals surface area contributed by atoms with Crippen LogP contribution in [0.1, 0.15) is 13.3 Å². The van der Waals surface area contributed by atoms with Crippen LogP contribution in [0.4, 0.5) is 10.5 Å². The summed E-state index contributed by atoms with van der Waals surface area (Å²) in [7, 11) is 0. The number of urea groups is 1. The summed E-state index contributed by atoms with van der Waals surface area (Å²) in [4.78, 5) is 32.7. The van der Waals surface area contributed by atoms with Crippen LogP contribution >= 0.6 is 0 Å². The molecule has 19 heavy (non-hydrogen) atoms. The van der Waals surface area contributed by atoms with Crippen LogP contribution in [-0.2, 0) is 16.1 Å². The largest absolute Gasteiger partial charge is 0.481 e. The van der Waals surface area contributed by atoms with E-state index in [9.17, 15) is 14.4 Å². The molecule has 1 aromatic heterocycles. The number of aromatic nitrogens is 2. The molecule has 9 heteroatoms. The molecule has 0 saturated heterocycles. The van der Waals surface area contributed by atoms with Gasteiger partial charge in [0.1, 0.15) is 6.04 Å². The van der Waals surface area contributed by atoms with Crippen molar-refractivity contribution < 1.29 is 24.6 Å². The fourth-order valence-electron chi connectivity index (χ4n) is 1.30. The topological polar surface area (TPSA) is 134 Å². The van der Waals surface area contributed by atoms with E-state index < -0.39 is 30.4 Å². The summed E-state index contributed by atoms with van der Waals surface area (Å²) in [5.41, 5.74) is 0.388. The average Bonchev–Trinajstić information content (AvgIpc) is 2.75. The van der Waals surface area contributed by atoms with E-state index in [1.165, 1.54) is 6.20 Å². The molecule has 0 bridgehead atoms. The Morgan fingerprint density at radius 1 is 1.42 bits per heavy atom. The van der Waals surface area contributed by atoms with E-state index in [0.717, 1.165) is 0 Å². The lowest BCUT2D eigenvalue weighted by atomic mass is 10.2. The second-order valence-corrected chi connectivity index (χ2v) is 3.67. The van der Waals surface area contributed by atoms with Crippen molar-refractivity contribution in [3.63, 3.8) is 0 Å². The van der Waals surface area contributed by atoms with E-state index in [1.54, 1.807) is 10.9 Å². The molecular formula is C10H14N4O5. The number of carboxylic acid groups (broad SMARTS) is 2. The molecule has 1 atom stereocenters. The second-order valence-electron chi connectivity index (χ2n) is 3.67. The number of hydrogen-bond acceptors (Lipinski definition) is 4. The van der Waals surface area contributed by atoms with Crippen LogP contribution in [0.25, 0.3) is 0 Å². The first-order valence-corrected chi connectivity index (χ1v) is 5.47. The van der Waals surface area contributed by atoms with Crippen molar-refractivity contribution in [2.24, 2.45) is 0 Å². The van der Waals surface area contributed by atoms with E-state index in [2.05, 4.69) is 15.7 Å². The highest BCUT2D eigenvalue weighted by atomic mass is 16.4. The summed E-state index contributed by atoms with van der Waals surface area (Å²) in [5.74, 6) is -2.73. The van der Waals surface area contributed by atoms with Crippen molar-refractivity contribution >= 4 is 23.7 Å². The van der Waals surface area contributed by atoms with Gasteiger partial charge in [-0.3, -0.25) is 9.48 Å². The maximum atomic E-state index is 11.5. The Hall–Kier alpha value is -2.58. The summed E-state index contributed by atoms with van der Waals surface area (Å²) >= 11 is 0. The van der Waals surface area contributed by atoms with Crippen LogP contribution < -0.4 is 10.6 Å². The van der Waals surface area contributed by atoms with Crippen LogP contribution in [-0.4, -0.2) is 44.0 Å². The van der Waals surface area contributed by atoms with E-state index in [-0.39, 0.29) is 0 Å².